The van der Waals surface area contributed by atoms with Crippen LogP contribution >= 0.6 is 11.5 Å². The largest absolute Gasteiger partial charge is 0.351 e. The van der Waals surface area contributed by atoms with Gasteiger partial charge in [0.05, 0.1) is 5.56 Å². The molecule has 7 heteroatoms. The second-order valence-corrected chi connectivity index (χ2v) is 9.36. The van der Waals surface area contributed by atoms with Crippen LogP contribution in [0.5, 0.6) is 0 Å². The van der Waals surface area contributed by atoms with E-state index in [1.165, 1.54) is 19.3 Å². The summed E-state index contributed by atoms with van der Waals surface area (Å²) >= 11 is 0.865. The molecular weight excluding hydrogens is 440 g/mol. The number of benzene rings is 2. The number of amides is 1. The maximum absolute atomic E-state index is 14.3. The minimum absolute atomic E-state index is 0.0157. The molecule has 0 atom stereocenters. The number of rotatable bonds is 9. The van der Waals surface area contributed by atoms with E-state index in [0.717, 1.165) is 35.5 Å². The first-order chi connectivity index (χ1) is 16.1. The number of alkyl halides is 2. The van der Waals surface area contributed by atoms with Crippen LogP contribution in [0.15, 0.2) is 60.7 Å². The van der Waals surface area contributed by atoms with Crippen LogP contribution in [-0.2, 0) is 13.1 Å². The van der Waals surface area contributed by atoms with Crippen LogP contribution in [0.3, 0.4) is 0 Å². The summed E-state index contributed by atoms with van der Waals surface area (Å²) in [5.41, 5.74) is 1.71. The molecule has 1 saturated carbocycles. The summed E-state index contributed by atoms with van der Waals surface area (Å²) in [6, 6.07) is 19.4. The van der Waals surface area contributed by atoms with Crippen LogP contribution in [-0.4, -0.2) is 16.8 Å². The Labute approximate surface area is 197 Å². The summed E-state index contributed by atoms with van der Waals surface area (Å²) in [7, 11) is 0. The Bertz CT molecular complexity index is 979. The highest BCUT2D eigenvalue weighted by Crippen LogP contribution is 2.36. The number of hydrogen-bond donors (Lipinski definition) is 1. The fraction of sp³-hybridized carbons (Fsp3) is 0.385. The van der Waals surface area contributed by atoms with Gasteiger partial charge in [0.15, 0.2) is 5.82 Å². The molecule has 1 aliphatic rings. The zero-order valence-corrected chi connectivity index (χ0v) is 19.4. The molecule has 0 unspecified atom stereocenters. The lowest BCUT2D eigenvalue weighted by molar-refractivity contribution is 0.0935. The molecule has 1 N–H and O–H groups in total. The molecule has 2 aromatic carbocycles. The molecule has 0 spiro atoms. The summed E-state index contributed by atoms with van der Waals surface area (Å²) in [5, 5.41) is 2.90. The maximum Gasteiger partial charge on any atom is 0.269 e. The molecule has 174 valence electrons. The van der Waals surface area contributed by atoms with E-state index in [-0.39, 0.29) is 16.3 Å². The van der Waals surface area contributed by atoms with Crippen LogP contribution in [0.1, 0.15) is 64.9 Å². The number of aromatic nitrogens is 1. The summed E-state index contributed by atoms with van der Waals surface area (Å²) in [6.45, 7) is 1.37. The summed E-state index contributed by atoms with van der Waals surface area (Å²) in [5.74, 6) is 0.169. The van der Waals surface area contributed by atoms with Gasteiger partial charge in [-0.05, 0) is 41.4 Å². The van der Waals surface area contributed by atoms with E-state index >= 15 is 0 Å². The molecule has 0 saturated heterocycles. The molecule has 1 fully saturated rings. The average molecular weight is 470 g/mol. The first kappa shape index (κ1) is 23.4. The van der Waals surface area contributed by atoms with Crippen molar-refractivity contribution in [3.8, 4) is 0 Å². The number of halogens is 2. The van der Waals surface area contributed by atoms with Crippen molar-refractivity contribution in [2.45, 2.75) is 51.6 Å². The molecule has 0 radical (unpaired) electrons. The number of hydrogen-bond acceptors (Lipinski definition) is 4. The van der Waals surface area contributed by atoms with E-state index in [4.69, 9.17) is 0 Å². The van der Waals surface area contributed by atoms with Gasteiger partial charge in [-0.25, -0.2) is 8.78 Å². The first-order valence-corrected chi connectivity index (χ1v) is 12.3. The van der Waals surface area contributed by atoms with E-state index in [2.05, 4.69) is 9.69 Å². The van der Waals surface area contributed by atoms with Gasteiger partial charge < -0.3 is 10.2 Å². The van der Waals surface area contributed by atoms with Gasteiger partial charge in [0.2, 0.25) is 0 Å². The third kappa shape index (κ3) is 6.16. The highest BCUT2D eigenvalue weighted by molar-refractivity contribution is 7.08. The van der Waals surface area contributed by atoms with Crippen LogP contribution in [0.25, 0.3) is 0 Å². The topological polar surface area (TPSA) is 45.2 Å². The Morgan fingerprint density at radius 1 is 0.970 bits per heavy atom. The van der Waals surface area contributed by atoms with Crippen molar-refractivity contribution in [1.29, 1.82) is 0 Å². The highest BCUT2D eigenvalue weighted by Gasteiger charge is 2.30. The lowest BCUT2D eigenvalue weighted by atomic mass is 9.89. The maximum atomic E-state index is 14.3. The van der Waals surface area contributed by atoms with Gasteiger partial charge in [0.25, 0.3) is 12.3 Å². The van der Waals surface area contributed by atoms with Crippen molar-refractivity contribution in [1.82, 2.24) is 9.69 Å². The van der Waals surface area contributed by atoms with E-state index < -0.39 is 12.3 Å². The second kappa shape index (κ2) is 11.4. The zero-order valence-electron chi connectivity index (χ0n) is 18.6. The van der Waals surface area contributed by atoms with Crippen molar-refractivity contribution in [3.05, 3.63) is 82.2 Å². The molecule has 1 heterocycles. The van der Waals surface area contributed by atoms with E-state index in [1.807, 2.05) is 65.6 Å². The third-order valence-electron chi connectivity index (χ3n) is 6.14. The fourth-order valence-electron chi connectivity index (χ4n) is 4.40. The number of nitrogens with zero attached hydrogens (tertiary/aromatic N) is 2. The molecular formula is C26H29F2N3OS. The van der Waals surface area contributed by atoms with Crippen molar-refractivity contribution in [2.24, 2.45) is 5.92 Å². The van der Waals surface area contributed by atoms with Crippen molar-refractivity contribution in [3.63, 3.8) is 0 Å². The van der Waals surface area contributed by atoms with Crippen molar-refractivity contribution >= 4 is 23.3 Å². The van der Waals surface area contributed by atoms with E-state index in [0.29, 0.717) is 25.6 Å². The quantitative estimate of drug-likeness (QED) is 0.384. The van der Waals surface area contributed by atoms with Gasteiger partial charge in [0, 0.05) is 19.6 Å². The minimum Gasteiger partial charge on any atom is -0.351 e. The lowest BCUT2D eigenvalue weighted by Crippen LogP contribution is -2.30. The number of carbonyl (C=O) groups excluding carboxylic acids is 1. The third-order valence-corrected chi connectivity index (χ3v) is 6.99. The molecule has 4 rings (SSSR count). The Kier molecular flexibility index (Phi) is 8.05. The molecule has 4 nitrogen and oxygen atoms in total. The molecule has 1 amide bonds. The van der Waals surface area contributed by atoms with Gasteiger partial charge in [0.1, 0.15) is 4.88 Å². The normalized spacial score (nSPS) is 14.4. The number of nitrogens with one attached hydrogen (secondary N) is 1. The van der Waals surface area contributed by atoms with Crippen LogP contribution in [0.2, 0.25) is 0 Å². The number of carbonyl (C=O) groups is 1. The van der Waals surface area contributed by atoms with Crippen molar-refractivity contribution < 1.29 is 13.6 Å². The molecule has 3 aromatic rings. The summed E-state index contributed by atoms with van der Waals surface area (Å²) < 4.78 is 32.9. The van der Waals surface area contributed by atoms with Gasteiger partial charge in [-0.3, -0.25) is 4.79 Å². The Balaban J connectivity index is 1.59. The smallest absolute Gasteiger partial charge is 0.269 e. The van der Waals surface area contributed by atoms with E-state index in [1.54, 1.807) is 0 Å². The Morgan fingerprint density at radius 3 is 2.09 bits per heavy atom. The number of anilines is 1. The predicted molar refractivity (Wildman–Crippen MR) is 129 cm³/mol. The standard InChI is InChI=1S/C26H29F2N3OS/c27-24(28)22-23(26(32)29-16-19-10-4-1-5-11-19)33-30-25(22)31(17-20-12-6-2-7-13-20)18-21-14-8-3-9-15-21/h2-3,6-9,12-15,19,24H,1,4-5,10-11,16-18H2,(H,29,32). The van der Waals surface area contributed by atoms with Crippen LogP contribution < -0.4 is 10.2 Å². The molecule has 0 bridgehead atoms. The average Bonchev–Trinajstić information content (AvgIpc) is 3.30. The monoisotopic (exact) mass is 469 g/mol. The lowest BCUT2D eigenvalue weighted by Gasteiger charge is -2.24. The second-order valence-electron chi connectivity index (χ2n) is 8.59. The van der Waals surface area contributed by atoms with Crippen LogP contribution in [0, 0.1) is 5.92 Å². The van der Waals surface area contributed by atoms with Gasteiger partial charge >= 0.3 is 0 Å². The predicted octanol–water partition coefficient (Wildman–Crippen LogP) is 6.60. The highest BCUT2D eigenvalue weighted by atomic mass is 32.1. The Hall–Kier alpha value is -2.80. The fourth-order valence-corrected chi connectivity index (χ4v) is 5.22. The SMILES string of the molecule is O=C(NCC1CCCCC1)c1snc(N(Cc2ccccc2)Cc2ccccc2)c1C(F)F. The molecule has 0 aliphatic heterocycles. The first-order valence-electron chi connectivity index (χ1n) is 11.5. The summed E-state index contributed by atoms with van der Waals surface area (Å²) in [4.78, 5) is 14.7. The minimum atomic E-state index is -2.79. The molecule has 1 aromatic heterocycles. The van der Waals surface area contributed by atoms with Gasteiger partial charge in [-0.15, -0.1) is 0 Å². The van der Waals surface area contributed by atoms with Gasteiger partial charge in [-0.2, -0.15) is 4.37 Å². The Morgan fingerprint density at radius 2 is 1.55 bits per heavy atom. The van der Waals surface area contributed by atoms with E-state index in [9.17, 15) is 13.6 Å². The molecule has 1 aliphatic carbocycles. The van der Waals surface area contributed by atoms with Gasteiger partial charge in [-0.1, -0.05) is 79.9 Å². The summed E-state index contributed by atoms with van der Waals surface area (Å²) in [6.07, 6.45) is 2.94. The van der Waals surface area contributed by atoms with Crippen molar-refractivity contribution in [2.75, 3.05) is 11.4 Å². The van der Waals surface area contributed by atoms with Crippen LogP contribution in [0.4, 0.5) is 14.6 Å². The zero-order chi connectivity index (χ0) is 23.0. The molecule has 33 heavy (non-hydrogen) atoms.